The summed E-state index contributed by atoms with van der Waals surface area (Å²) < 4.78 is 5.85. The van der Waals surface area contributed by atoms with Crippen LogP contribution < -0.4 is 0 Å². The summed E-state index contributed by atoms with van der Waals surface area (Å²) in [6.45, 7) is 3.24. The first-order chi connectivity index (χ1) is 13.6. The third-order valence-electron chi connectivity index (χ3n) is 4.63. The summed E-state index contributed by atoms with van der Waals surface area (Å²) in [5.74, 6) is -0.142. The van der Waals surface area contributed by atoms with E-state index >= 15 is 0 Å². The number of halogens is 1. The van der Waals surface area contributed by atoms with E-state index in [2.05, 4.69) is 15.0 Å². The highest BCUT2D eigenvalue weighted by molar-refractivity contribution is 6.30. The van der Waals surface area contributed by atoms with Crippen LogP contribution in [-0.2, 0) is 4.74 Å². The normalized spacial score (nSPS) is 16.8. The second-order valence-electron chi connectivity index (χ2n) is 6.64. The van der Waals surface area contributed by atoms with Gasteiger partial charge in [-0.1, -0.05) is 29.8 Å². The van der Waals surface area contributed by atoms with E-state index in [0.29, 0.717) is 30.4 Å². The minimum Gasteiger partial charge on any atom is -0.368 e. The average molecular weight is 395 g/mol. The Morgan fingerprint density at radius 3 is 2.71 bits per heavy atom. The number of carbonyl (C=O) groups is 1. The van der Waals surface area contributed by atoms with Gasteiger partial charge in [-0.15, -0.1) is 0 Å². The molecule has 6 nitrogen and oxygen atoms in total. The molecule has 1 atom stereocenters. The van der Waals surface area contributed by atoms with E-state index in [9.17, 15) is 4.79 Å². The predicted octanol–water partition coefficient (Wildman–Crippen LogP) is 3.71. The van der Waals surface area contributed by atoms with Crippen LogP contribution in [0, 0.1) is 6.92 Å². The second-order valence-corrected chi connectivity index (χ2v) is 7.07. The number of nitrogens with zero attached hydrogens (tertiary/aromatic N) is 4. The van der Waals surface area contributed by atoms with Crippen LogP contribution in [-0.4, -0.2) is 45.5 Å². The highest BCUT2D eigenvalue weighted by atomic mass is 35.5. The maximum atomic E-state index is 12.7. The van der Waals surface area contributed by atoms with Gasteiger partial charge in [-0.05, 0) is 30.7 Å². The molecule has 0 N–H and O–H groups in total. The van der Waals surface area contributed by atoms with E-state index in [1.807, 2.05) is 43.3 Å². The molecule has 3 aromatic rings. The molecule has 0 spiro atoms. The first-order valence-corrected chi connectivity index (χ1v) is 9.39. The lowest BCUT2D eigenvalue weighted by atomic mass is 10.1. The minimum absolute atomic E-state index is 0.142. The fourth-order valence-electron chi connectivity index (χ4n) is 3.11. The molecule has 1 amide bonds. The monoisotopic (exact) mass is 394 g/mol. The summed E-state index contributed by atoms with van der Waals surface area (Å²) in [6, 6.07) is 11.6. The van der Waals surface area contributed by atoms with Gasteiger partial charge < -0.3 is 9.64 Å². The standard InChI is InChI=1S/C21H19ClN4O2/c1-14-10-24-19(12-23-14)21(27)26-7-8-28-20(13-26)18-6-5-16(11-25-18)15-3-2-4-17(22)9-15/h2-6,9-12,20H,7-8,13H2,1H3/t20-/m0/s1. The summed E-state index contributed by atoms with van der Waals surface area (Å²) in [6.07, 6.45) is 4.64. The molecule has 4 rings (SSSR count). The van der Waals surface area contributed by atoms with Gasteiger partial charge in [-0.2, -0.15) is 0 Å². The summed E-state index contributed by atoms with van der Waals surface area (Å²) in [4.78, 5) is 27.3. The highest BCUT2D eigenvalue weighted by Crippen LogP contribution is 2.26. The van der Waals surface area contributed by atoms with E-state index in [1.165, 1.54) is 6.20 Å². The summed E-state index contributed by atoms with van der Waals surface area (Å²) in [5.41, 5.74) is 3.89. The van der Waals surface area contributed by atoms with Crippen LogP contribution >= 0.6 is 11.6 Å². The SMILES string of the molecule is Cc1cnc(C(=O)N2CCO[C@H](c3ccc(-c4cccc(Cl)c4)cn3)C2)cn1. The molecule has 1 saturated heterocycles. The Labute approximate surface area is 168 Å². The van der Waals surface area contributed by atoms with Crippen LogP contribution in [0.3, 0.4) is 0 Å². The van der Waals surface area contributed by atoms with E-state index in [-0.39, 0.29) is 12.0 Å². The van der Waals surface area contributed by atoms with Crippen LogP contribution in [0.2, 0.25) is 5.02 Å². The lowest BCUT2D eigenvalue weighted by Crippen LogP contribution is -2.42. The quantitative estimate of drug-likeness (QED) is 0.677. The molecule has 0 bridgehead atoms. The maximum absolute atomic E-state index is 12.7. The van der Waals surface area contributed by atoms with Crippen molar-refractivity contribution >= 4 is 17.5 Å². The molecule has 0 aliphatic carbocycles. The molecule has 1 aliphatic heterocycles. The first kappa shape index (κ1) is 18.5. The minimum atomic E-state index is -0.274. The smallest absolute Gasteiger partial charge is 0.274 e. The van der Waals surface area contributed by atoms with Crippen molar-refractivity contribution in [3.8, 4) is 11.1 Å². The van der Waals surface area contributed by atoms with Crippen molar-refractivity contribution in [2.24, 2.45) is 0 Å². The van der Waals surface area contributed by atoms with E-state index in [0.717, 1.165) is 22.5 Å². The van der Waals surface area contributed by atoms with Crippen molar-refractivity contribution in [3.05, 3.63) is 77.1 Å². The molecule has 3 heterocycles. The molecule has 0 saturated carbocycles. The number of benzene rings is 1. The lowest BCUT2D eigenvalue weighted by Gasteiger charge is -2.32. The Balaban J connectivity index is 1.48. The third kappa shape index (κ3) is 4.03. The zero-order valence-corrected chi connectivity index (χ0v) is 16.1. The van der Waals surface area contributed by atoms with Crippen LogP contribution in [0.5, 0.6) is 0 Å². The van der Waals surface area contributed by atoms with Gasteiger partial charge in [-0.3, -0.25) is 14.8 Å². The van der Waals surface area contributed by atoms with Gasteiger partial charge in [0.25, 0.3) is 5.91 Å². The predicted molar refractivity (Wildman–Crippen MR) is 106 cm³/mol. The van der Waals surface area contributed by atoms with E-state index in [4.69, 9.17) is 16.3 Å². The van der Waals surface area contributed by atoms with Crippen LogP contribution in [0.1, 0.15) is 28.0 Å². The van der Waals surface area contributed by atoms with Crippen molar-refractivity contribution in [1.82, 2.24) is 19.9 Å². The largest absolute Gasteiger partial charge is 0.368 e. The number of morpholine rings is 1. The summed E-state index contributed by atoms with van der Waals surface area (Å²) in [7, 11) is 0. The second kappa shape index (κ2) is 8.04. The number of rotatable bonds is 3. The average Bonchev–Trinajstić information content (AvgIpc) is 2.74. The van der Waals surface area contributed by atoms with Crippen molar-refractivity contribution in [2.75, 3.05) is 19.7 Å². The fraction of sp³-hybridized carbons (Fsp3) is 0.238. The topological polar surface area (TPSA) is 68.2 Å². The Morgan fingerprint density at radius 1 is 1.11 bits per heavy atom. The van der Waals surface area contributed by atoms with E-state index < -0.39 is 0 Å². The number of hydrogen-bond donors (Lipinski definition) is 0. The van der Waals surface area contributed by atoms with Crippen LogP contribution in [0.15, 0.2) is 55.0 Å². The Hall–Kier alpha value is -2.83. The fourth-order valence-corrected chi connectivity index (χ4v) is 3.30. The van der Waals surface area contributed by atoms with Crippen molar-refractivity contribution < 1.29 is 9.53 Å². The lowest BCUT2D eigenvalue weighted by molar-refractivity contribution is -0.0249. The van der Waals surface area contributed by atoms with Gasteiger partial charge in [0, 0.05) is 29.5 Å². The number of amides is 1. The molecule has 7 heteroatoms. The molecule has 28 heavy (non-hydrogen) atoms. The molecule has 0 radical (unpaired) electrons. The zero-order chi connectivity index (χ0) is 19.5. The molecule has 1 aromatic carbocycles. The highest BCUT2D eigenvalue weighted by Gasteiger charge is 2.27. The van der Waals surface area contributed by atoms with Crippen LogP contribution in [0.4, 0.5) is 0 Å². The van der Waals surface area contributed by atoms with Crippen molar-refractivity contribution in [3.63, 3.8) is 0 Å². The molecular weight excluding hydrogens is 376 g/mol. The van der Waals surface area contributed by atoms with Crippen LogP contribution in [0.25, 0.3) is 11.1 Å². The third-order valence-corrected chi connectivity index (χ3v) is 4.86. The van der Waals surface area contributed by atoms with Crippen molar-refractivity contribution in [2.45, 2.75) is 13.0 Å². The number of carbonyl (C=O) groups excluding carboxylic acids is 1. The Bertz CT molecular complexity index is 976. The summed E-state index contributed by atoms with van der Waals surface area (Å²) in [5, 5.41) is 0.686. The molecule has 142 valence electrons. The van der Waals surface area contributed by atoms with Crippen molar-refractivity contribution in [1.29, 1.82) is 0 Å². The number of ether oxygens (including phenoxy) is 1. The molecule has 1 fully saturated rings. The molecular formula is C21H19ClN4O2. The van der Waals surface area contributed by atoms with Gasteiger partial charge in [0.1, 0.15) is 11.8 Å². The molecule has 1 aliphatic rings. The Kier molecular flexibility index (Phi) is 5.32. The zero-order valence-electron chi connectivity index (χ0n) is 15.4. The molecule has 0 unspecified atom stereocenters. The van der Waals surface area contributed by atoms with Gasteiger partial charge in [-0.25, -0.2) is 4.98 Å². The van der Waals surface area contributed by atoms with Gasteiger partial charge in [0.2, 0.25) is 0 Å². The summed E-state index contributed by atoms with van der Waals surface area (Å²) >= 11 is 6.07. The van der Waals surface area contributed by atoms with Gasteiger partial charge in [0.05, 0.1) is 30.7 Å². The molecule has 2 aromatic heterocycles. The number of pyridine rings is 1. The number of hydrogen-bond acceptors (Lipinski definition) is 5. The number of aryl methyl sites for hydroxylation is 1. The first-order valence-electron chi connectivity index (χ1n) is 9.01. The van der Waals surface area contributed by atoms with E-state index in [1.54, 1.807) is 17.3 Å². The van der Waals surface area contributed by atoms with Gasteiger partial charge >= 0.3 is 0 Å². The number of aromatic nitrogens is 3. The Morgan fingerprint density at radius 2 is 2.00 bits per heavy atom. The maximum Gasteiger partial charge on any atom is 0.274 e. The van der Waals surface area contributed by atoms with Gasteiger partial charge in [0.15, 0.2) is 0 Å².